The van der Waals surface area contributed by atoms with E-state index in [1.807, 2.05) is 26.8 Å². The smallest absolute Gasteiger partial charge is 0.289 e. The Labute approximate surface area is 106 Å². The van der Waals surface area contributed by atoms with Crippen LogP contribution >= 0.6 is 0 Å². The van der Waals surface area contributed by atoms with Gasteiger partial charge in [0.2, 0.25) is 0 Å². The number of nitro groups is 1. The van der Waals surface area contributed by atoms with E-state index in [9.17, 15) is 10.1 Å². The maximum absolute atomic E-state index is 10.6. The monoisotopic (exact) mass is 248 g/mol. The molecule has 0 bridgehead atoms. The van der Waals surface area contributed by atoms with Crippen molar-refractivity contribution in [2.24, 2.45) is 0 Å². The number of aromatic nitrogens is 1. The molecule has 0 amide bonds. The van der Waals surface area contributed by atoms with Crippen molar-refractivity contribution in [2.45, 2.75) is 39.2 Å². The Morgan fingerprint density at radius 3 is 2.61 bits per heavy atom. The summed E-state index contributed by atoms with van der Waals surface area (Å²) in [7, 11) is 0. The molecule has 1 aromatic rings. The Balaban J connectivity index is 3.11. The largest absolute Gasteiger partial charge is 0.364 e. The summed E-state index contributed by atoms with van der Waals surface area (Å²) in [5.41, 5.74) is -0.154. The zero-order chi connectivity index (χ0) is 13.8. The lowest BCUT2D eigenvalue weighted by Gasteiger charge is -2.29. The molecule has 0 aromatic carbocycles. The van der Waals surface area contributed by atoms with Crippen LogP contribution in [0, 0.1) is 21.4 Å². The van der Waals surface area contributed by atoms with Gasteiger partial charge in [0, 0.05) is 11.6 Å². The van der Waals surface area contributed by atoms with Crippen molar-refractivity contribution in [3.63, 3.8) is 0 Å². The van der Waals surface area contributed by atoms with E-state index in [1.165, 1.54) is 6.07 Å². The highest BCUT2D eigenvalue weighted by Gasteiger charge is 2.22. The van der Waals surface area contributed by atoms with E-state index in [2.05, 4.69) is 10.3 Å². The second kappa shape index (κ2) is 5.45. The van der Waals surface area contributed by atoms with Crippen molar-refractivity contribution in [1.29, 1.82) is 5.26 Å². The lowest BCUT2D eigenvalue weighted by Crippen LogP contribution is -2.33. The van der Waals surface area contributed by atoms with E-state index >= 15 is 0 Å². The SMILES string of the molecule is CCC(C)(CC)Nc1ncc([N+](=O)[O-])cc1C#N. The molecule has 0 saturated carbocycles. The van der Waals surface area contributed by atoms with Crippen molar-refractivity contribution in [3.05, 3.63) is 27.9 Å². The van der Waals surface area contributed by atoms with E-state index in [-0.39, 0.29) is 16.8 Å². The van der Waals surface area contributed by atoms with Crippen molar-refractivity contribution in [2.75, 3.05) is 5.32 Å². The molecule has 6 nitrogen and oxygen atoms in total. The van der Waals surface area contributed by atoms with E-state index in [1.54, 1.807) is 0 Å². The molecule has 6 heteroatoms. The number of hydrogen-bond donors (Lipinski definition) is 1. The van der Waals surface area contributed by atoms with Gasteiger partial charge in [0.25, 0.3) is 5.69 Å². The first-order valence-electron chi connectivity index (χ1n) is 5.78. The molecule has 0 saturated heterocycles. The molecule has 96 valence electrons. The zero-order valence-electron chi connectivity index (χ0n) is 10.7. The minimum absolute atomic E-state index is 0.172. The van der Waals surface area contributed by atoms with Gasteiger partial charge in [-0.1, -0.05) is 13.8 Å². The lowest BCUT2D eigenvalue weighted by molar-refractivity contribution is -0.385. The molecule has 1 aromatic heterocycles. The van der Waals surface area contributed by atoms with Crippen molar-refractivity contribution < 1.29 is 4.92 Å². The second-order valence-electron chi connectivity index (χ2n) is 4.35. The summed E-state index contributed by atoms with van der Waals surface area (Å²) in [6.07, 6.45) is 2.90. The molecule has 1 heterocycles. The van der Waals surface area contributed by atoms with Crippen LogP contribution in [-0.4, -0.2) is 15.4 Å². The van der Waals surface area contributed by atoms with Crippen molar-refractivity contribution >= 4 is 11.5 Å². The average Bonchev–Trinajstić information content (AvgIpc) is 2.38. The molecule has 0 aliphatic carbocycles. The van der Waals surface area contributed by atoms with Gasteiger partial charge in [-0.3, -0.25) is 10.1 Å². The quantitative estimate of drug-likeness (QED) is 0.639. The van der Waals surface area contributed by atoms with E-state index in [0.717, 1.165) is 19.0 Å². The van der Waals surface area contributed by atoms with Crippen LogP contribution in [0.5, 0.6) is 0 Å². The standard InChI is InChI=1S/C12H16N4O2/c1-4-12(3,5-2)15-11-9(7-13)6-10(8-14-11)16(17)18/h6,8H,4-5H2,1-3H3,(H,14,15). The van der Waals surface area contributed by atoms with Gasteiger partial charge in [-0.05, 0) is 19.8 Å². The number of rotatable bonds is 5. The highest BCUT2D eigenvalue weighted by atomic mass is 16.6. The predicted molar refractivity (Wildman–Crippen MR) is 68.2 cm³/mol. The van der Waals surface area contributed by atoms with E-state index in [0.29, 0.717) is 5.82 Å². The number of nitrogens with one attached hydrogen (secondary N) is 1. The lowest BCUT2D eigenvalue weighted by atomic mass is 9.95. The molecule has 0 aliphatic rings. The van der Waals surface area contributed by atoms with Gasteiger partial charge in [-0.2, -0.15) is 5.26 Å². The molecular formula is C12H16N4O2. The molecule has 1 rings (SSSR count). The third-order valence-electron chi connectivity index (χ3n) is 3.19. The fraction of sp³-hybridized carbons (Fsp3) is 0.500. The highest BCUT2D eigenvalue weighted by Crippen LogP contribution is 2.24. The Kier molecular flexibility index (Phi) is 4.21. The topological polar surface area (TPSA) is 91.8 Å². The van der Waals surface area contributed by atoms with Crippen molar-refractivity contribution in [1.82, 2.24) is 4.98 Å². The summed E-state index contributed by atoms with van der Waals surface area (Å²) < 4.78 is 0. The Morgan fingerprint density at radius 1 is 1.56 bits per heavy atom. The highest BCUT2D eigenvalue weighted by molar-refractivity contribution is 5.56. The fourth-order valence-corrected chi connectivity index (χ4v) is 1.45. The molecular weight excluding hydrogens is 232 g/mol. The van der Waals surface area contributed by atoms with Gasteiger partial charge in [-0.25, -0.2) is 4.98 Å². The molecule has 0 fully saturated rings. The zero-order valence-corrected chi connectivity index (χ0v) is 10.7. The van der Waals surface area contributed by atoms with Crippen LogP contribution in [-0.2, 0) is 0 Å². The maximum Gasteiger partial charge on any atom is 0.289 e. The molecule has 18 heavy (non-hydrogen) atoms. The van der Waals surface area contributed by atoms with E-state index in [4.69, 9.17) is 5.26 Å². The minimum atomic E-state index is -0.559. The molecule has 0 spiro atoms. The van der Waals surface area contributed by atoms with Crippen LogP contribution in [0.4, 0.5) is 11.5 Å². The summed E-state index contributed by atoms with van der Waals surface area (Å²) in [5.74, 6) is 0.398. The fourth-order valence-electron chi connectivity index (χ4n) is 1.45. The number of pyridine rings is 1. The second-order valence-corrected chi connectivity index (χ2v) is 4.35. The van der Waals surface area contributed by atoms with Crippen LogP contribution in [0.1, 0.15) is 39.2 Å². The summed E-state index contributed by atoms with van der Waals surface area (Å²) >= 11 is 0. The number of anilines is 1. The van der Waals surface area contributed by atoms with Crippen molar-refractivity contribution in [3.8, 4) is 6.07 Å². The van der Waals surface area contributed by atoms with Gasteiger partial charge in [0.05, 0.1) is 4.92 Å². The third kappa shape index (κ3) is 2.94. The molecule has 0 atom stereocenters. The Bertz CT molecular complexity index is 489. The summed E-state index contributed by atoms with van der Waals surface area (Å²) in [4.78, 5) is 14.0. The number of nitriles is 1. The van der Waals surface area contributed by atoms with Crippen LogP contribution in [0.25, 0.3) is 0 Å². The van der Waals surface area contributed by atoms with Crippen LogP contribution in [0.3, 0.4) is 0 Å². The normalized spacial score (nSPS) is 10.8. The summed E-state index contributed by atoms with van der Waals surface area (Å²) in [6, 6.07) is 3.17. The molecule has 1 N–H and O–H groups in total. The van der Waals surface area contributed by atoms with Gasteiger partial charge in [0.1, 0.15) is 23.6 Å². The first-order chi connectivity index (χ1) is 8.45. The van der Waals surface area contributed by atoms with Crippen LogP contribution < -0.4 is 5.32 Å². The third-order valence-corrected chi connectivity index (χ3v) is 3.19. The Hall–Kier alpha value is -2.16. The van der Waals surface area contributed by atoms with Crippen LogP contribution in [0.2, 0.25) is 0 Å². The maximum atomic E-state index is 10.6. The van der Waals surface area contributed by atoms with Gasteiger partial charge in [-0.15, -0.1) is 0 Å². The molecule has 0 aliphatic heterocycles. The Morgan fingerprint density at radius 2 is 2.17 bits per heavy atom. The summed E-state index contributed by atoms with van der Waals surface area (Å²) in [6.45, 7) is 6.10. The summed E-state index contributed by atoms with van der Waals surface area (Å²) in [5, 5.41) is 22.8. The van der Waals surface area contributed by atoms with Crippen LogP contribution in [0.15, 0.2) is 12.3 Å². The van der Waals surface area contributed by atoms with Gasteiger partial charge < -0.3 is 5.32 Å². The van der Waals surface area contributed by atoms with E-state index < -0.39 is 4.92 Å². The predicted octanol–water partition coefficient (Wildman–Crippen LogP) is 2.85. The molecule has 0 radical (unpaired) electrons. The first-order valence-corrected chi connectivity index (χ1v) is 5.78. The van der Waals surface area contributed by atoms with Gasteiger partial charge >= 0.3 is 0 Å². The average molecular weight is 248 g/mol. The minimum Gasteiger partial charge on any atom is -0.364 e. The molecule has 0 unspecified atom stereocenters. The number of nitrogens with zero attached hydrogens (tertiary/aromatic N) is 3. The first kappa shape index (κ1) is 13.9. The number of hydrogen-bond acceptors (Lipinski definition) is 5. The van der Waals surface area contributed by atoms with Gasteiger partial charge in [0.15, 0.2) is 0 Å².